The molecule has 1 aromatic heterocycles. The van der Waals surface area contributed by atoms with Gasteiger partial charge in [-0.15, -0.1) is 0 Å². The first-order valence-electron chi connectivity index (χ1n) is 8.57. The zero-order valence-corrected chi connectivity index (χ0v) is 15.8. The number of aromatic nitrogens is 2. The van der Waals surface area contributed by atoms with Crippen LogP contribution in [0, 0.1) is 5.92 Å². The first-order chi connectivity index (χ1) is 12.1. The lowest BCUT2D eigenvalue weighted by Crippen LogP contribution is -2.17. The average molecular weight is 373 g/mol. The molecule has 0 bridgehead atoms. The summed E-state index contributed by atoms with van der Waals surface area (Å²) in [7, 11) is 0. The minimum atomic E-state index is 0.437. The van der Waals surface area contributed by atoms with Gasteiger partial charge in [0.1, 0.15) is 0 Å². The van der Waals surface area contributed by atoms with Gasteiger partial charge in [0.25, 0.3) is 0 Å². The van der Waals surface area contributed by atoms with Gasteiger partial charge in [-0.3, -0.25) is 0 Å². The lowest BCUT2D eigenvalue weighted by Gasteiger charge is -2.25. The van der Waals surface area contributed by atoms with Crippen molar-refractivity contribution in [3.8, 4) is 0 Å². The Labute approximate surface area is 159 Å². The topological polar surface area (TPSA) is 17.8 Å². The van der Waals surface area contributed by atoms with Crippen LogP contribution < -0.4 is 0 Å². The average Bonchev–Trinajstić information content (AvgIpc) is 3.13. The fourth-order valence-electron chi connectivity index (χ4n) is 3.21. The molecule has 0 aliphatic carbocycles. The Morgan fingerprint density at radius 3 is 2.20 bits per heavy atom. The van der Waals surface area contributed by atoms with Gasteiger partial charge in [-0.25, -0.2) is 4.98 Å². The van der Waals surface area contributed by atoms with Crippen LogP contribution in [0.1, 0.15) is 30.4 Å². The Morgan fingerprint density at radius 1 is 0.960 bits per heavy atom. The predicted octanol–water partition coefficient (Wildman–Crippen LogP) is 6.24. The molecule has 0 aliphatic rings. The van der Waals surface area contributed by atoms with Crippen molar-refractivity contribution in [1.29, 1.82) is 0 Å². The molecule has 0 radical (unpaired) electrons. The van der Waals surface area contributed by atoms with Crippen molar-refractivity contribution in [2.45, 2.75) is 32.2 Å². The molecule has 2 aromatic carbocycles. The van der Waals surface area contributed by atoms with Crippen LogP contribution in [0.3, 0.4) is 0 Å². The fourth-order valence-corrected chi connectivity index (χ4v) is 3.46. The highest BCUT2D eigenvalue weighted by Gasteiger charge is 2.19. The van der Waals surface area contributed by atoms with Crippen LogP contribution in [0.5, 0.6) is 0 Å². The summed E-state index contributed by atoms with van der Waals surface area (Å²) in [6.07, 6.45) is 7.90. The lowest BCUT2D eigenvalue weighted by atomic mass is 9.83. The predicted molar refractivity (Wildman–Crippen MR) is 105 cm³/mol. The Morgan fingerprint density at radius 2 is 1.60 bits per heavy atom. The van der Waals surface area contributed by atoms with Gasteiger partial charge in [-0.1, -0.05) is 54.4 Å². The third-order valence-electron chi connectivity index (χ3n) is 4.82. The molecule has 2 nitrogen and oxygen atoms in total. The number of hydrogen-bond acceptors (Lipinski definition) is 1. The van der Waals surface area contributed by atoms with Crippen molar-refractivity contribution in [2.75, 3.05) is 0 Å². The van der Waals surface area contributed by atoms with Crippen LogP contribution in [0.15, 0.2) is 67.3 Å². The zero-order chi connectivity index (χ0) is 17.6. The summed E-state index contributed by atoms with van der Waals surface area (Å²) in [5.74, 6) is 0.943. The molecule has 0 saturated heterocycles. The molecule has 0 N–H and O–H groups in total. The molecule has 130 valence electrons. The van der Waals surface area contributed by atoms with Gasteiger partial charge in [0, 0.05) is 29.0 Å². The first kappa shape index (κ1) is 18.0. The monoisotopic (exact) mass is 372 g/mol. The summed E-state index contributed by atoms with van der Waals surface area (Å²) in [6.45, 7) is 3.25. The van der Waals surface area contributed by atoms with Gasteiger partial charge in [0.15, 0.2) is 0 Å². The number of nitrogens with zero attached hydrogens (tertiary/aromatic N) is 2. The van der Waals surface area contributed by atoms with E-state index in [9.17, 15) is 0 Å². The molecule has 0 aliphatic heterocycles. The summed E-state index contributed by atoms with van der Waals surface area (Å²) in [5, 5.41) is 1.57. The van der Waals surface area contributed by atoms with Crippen LogP contribution in [0.4, 0.5) is 0 Å². The molecule has 1 heterocycles. The lowest BCUT2D eigenvalue weighted by molar-refractivity contribution is 0.359. The molecule has 2 unspecified atom stereocenters. The quantitative estimate of drug-likeness (QED) is 0.479. The van der Waals surface area contributed by atoms with Gasteiger partial charge in [-0.05, 0) is 60.1 Å². The molecule has 2 atom stereocenters. The van der Waals surface area contributed by atoms with Crippen LogP contribution in [-0.2, 0) is 13.0 Å². The van der Waals surface area contributed by atoms with Gasteiger partial charge in [0.2, 0.25) is 0 Å². The minimum Gasteiger partial charge on any atom is -0.337 e. The Hall–Kier alpha value is -1.77. The van der Waals surface area contributed by atoms with Crippen LogP contribution in [0.2, 0.25) is 10.0 Å². The maximum absolute atomic E-state index is 6.04. The Kier molecular flexibility index (Phi) is 6.17. The molecule has 0 fully saturated rings. The van der Waals surface area contributed by atoms with Crippen molar-refractivity contribution in [3.63, 3.8) is 0 Å². The minimum absolute atomic E-state index is 0.437. The number of aryl methyl sites for hydroxylation is 1. The number of halogens is 2. The second kappa shape index (κ2) is 8.55. The van der Waals surface area contributed by atoms with Crippen molar-refractivity contribution < 1.29 is 0 Å². The van der Waals surface area contributed by atoms with Crippen LogP contribution >= 0.6 is 23.2 Å². The SMILES string of the molecule is CC(c1ccc(Cl)cc1)C(CCc1ccc(Cl)cc1)Cn1ccnc1. The standard InChI is InChI=1S/C21H22Cl2N2/c1-16(18-6-10-21(23)11-7-18)19(14-25-13-12-24-15-25)5-2-17-3-8-20(22)9-4-17/h3-4,6-13,15-16,19H,2,5,14H2,1H3. The highest BCUT2D eigenvalue weighted by atomic mass is 35.5. The van der Waals surface area contributed by atoms with E-state index < -0.39 is 0 Å². The van der Waals surface area contributed by atoms with Gasteiger partial charge in [-0.2, -0.15) is 0 Å². The number of imidazole rings is 1. The molecule has 3 rings (SSSR count). The number of hydrogen-bond donors (Lipinski definition) is 0. The van der Waals surface area contributed by atoms with Gasteiger partial charge < -0.3 is 4.57 Å². The first-order valence-corrected chi connectivity index (χ1v) is 9.33. The maximum atomic E-state index is 6.04. The number of rotatable bonds is 7. The second-order valence-electron chi connectivity index (χ2n) is 6.52. The molecule has 4 heteroatoms. The summed E-state index contributed by atoms with van der Waals surface area (Å²) in [5.41, 5.74) is 2.65. The van der Waals surface area contributed by atoms with Crippen molar-refractivity contribution in [1.82, 2.24) is 9.55 Å². The van der Waals surface area contributed by atoms with E-state index in [2.05, 4.69) is 40.7 Å². The van der Waals surface area contributed by atoms with Crippen molar-refractivity contribution in [3.05, 3.63) is 88.4 Å². The van der Waals surface area contributed by atoms with E-state index in [0.29, 0.717) is 11.8 Å². The molecular formula is C21H22Cl2N2. The highest BCUT2D eigenvalue weighted by molar-refractivity contribution is 6.30. The molecule has 25 heavy (non-hydrogen) atoms. The van der Waals surface area contributed by atoms with Crippen LogP contribution in [-0.4, -0.2) is 9.55 Å². The molecule has 3 aromatic rings. The van der Waals surface area contributed by atoms with E-state index in [1.807, 2.05) is 43.0 Å². The summed E-state index contributed by atoms with van der Waals surface area (Å²) in [4.78, 5) is 4.18. The van der Waals surface area contributed by atoms with Gasteiger partial charge >= 0.3 is 0 Å². The summed E-state index contributed by atoms with van der Waals surface area (Å²) in [6, 6.07) is 16.4. The van der Waals surface area contributed by atoms with Crippen molar-refractivity contribution in [2.24, 2.45) is 5.92 Å². The van der Waals surface area contributed by atoms with Gasteiger partial charge in [0.05, 0.1) is 6.33 Å². The number of benzene rings is 2. The second-order valence-corrected chi connectivity index (χ2v) is 7.40. The zero-order valence-electron chi connectivity index (χ0n) is 14.3. The fraction of sp³-hybridized carbons (Fsp3) is 0.286. The van der Waals surface area contributed by atoms with E-state index in [1.54, 1.807) is 0 Å². The third kappa shape index (κ3) is 5.10. The highest BCUT2D eigenvalue weighted by Crippen LogP contribution is 2.30. The molecule has 0 saturated carbocycles. The van der Waals surface area contributed by atoms with E-state index in [4.69, 9.17) is 23.2 Å². The van der Waals surface area contributed by atoms with E-state index >= 15 is 0 Å². The van der Waals surface area contributed by atoms with Crippen LogP contribution in [0.25, 0.3) is 0 Å². The largest absolute Gasteiger partial charge is 0.337 e. The normalized spacial score (nSPS) is 13.6. The molecular weight excluding hydrogens is 351 g/mol. The van der Waals surface area contributed by atoms with E-state index in [-0.39, 0.29) is 0 Å². The summed E-state index contributed by atoms with van der Waals surface area (Å²) >= 11 is 12.0. The smallest absolute Gasteiger partial charge is 0.0946 e. The van der Waals surface area contributed by atoms with E-state index in [0.717, 1.165) is 29.4 Å². The molecule has 0 amide bonds. The Balaban J connectivity index is 1.74. The van der Waals surface area contributed by atoms with E-state index in [1.165, 1.54) is 11.1 Å². The third-order valence-corrected chi connectivity index (χ3v) is 5.33. The maximum Gasteiger partial charge on any atom is 0.0946 e. The summed E-state index contributed by atoms with van der Waals surface area (Å²) < 4.78 is 2.17. The Bertz CT molecular complexity index is 765. The van der Waals surface area contributed by atoms with Crippen molar-refractivity contribution >= 4 is 23.2 Å². The molecule has 0 spiro atoms.